The van der Waals surface area contributed by atoms with E-state index in [0.717, 1.165) is 16.8 Å². The van der Waals surface area contributed by atoms with E-state index in [-0.39, 0.29) is 5.82 Å². The Bertz CT molecular complexity index is 799. The van der Waals surface area contributed by atoms with Crippen LogP contribution in [0.1, 0.15) is 12.0 Å². The molecule has 0 fully saturated rings. The topological polar surface area (TPSA) is 41.1 Å². The van der Waals surface area contributed by atoms with Crippen molar-refractivity contribution in [3.05, 3.63) is 60.3 Å². The molecule has 3 nitrogen and oxygen atoms in total. The molecule has 0 spiro atoms. The number of hydrogen-bond donors (Lipinski definition) is 0. The van der Waals surface area contributed by atoms with Gasteiger partial charge in [-0.05, 0) is 41.3 Å². The molecule has 0 N–H and O–H groups in total. The number of aryl methyl sites for hydroxylation is 1. The highest BCUT2D eigenvalue weighted by Crippen LogP contribution is 2.23. The molecule has 0 atom stereocenters. The Morgan fingerprint density at radius 2 is 2.05 bits per heavy atom. The summed E-state index contributed by atoms with van der Waals surface area (Å²) in [7, 11) is 0. The third-order valence-corrected chi connectivity index (χ3v) is 3.28. The Balaban J connectivity index is 1.97. The number of fused-ring (bicyclic) bond motifs is 1. The molecule has 3 rings (SSSR count). The zero-order valence-electron chi connectivity index (χ0n) is 10.8. The normalized spacial score (nSPS) is 10.6. The minimum absolute atomic E-state index is 0.261. The van der Waals surface area contributed by atoms with Crippen LogP contribution in [0.15, 0.2) is 48.9 Å². The Labute approximate surface area is 115 Å². The molecule has 0 aliphatic carbocycles. The highest BCUT2D eigenvalue weighted by Gasteiger charge is 2.06. The van der Waals surface area contributed by atoms with E-state index < -0.39 is 0 Å². The molecule has 3 aromatic rings. The van der Waals surface area contributed by atoms with Gasteiger partial charge in [-0.1, -0.05) is 12.1 Å². The number of benzene rings is 1. The molecule has 0 saturated heterocycles. The Kier molecular flexibility index (Phi) is 3.18. The highest BCUT2D eigenvalue weighted by molar-refractivity contribution is 5.65. The first kappa shape index (κ1) is 12.4. The van der Waals surface area contributed by atoms with E-state index in [1.165, 1.54) is 6.07 Å². The summed E-state index contributed by atoms with van der Waals surface area (Å²) >= 11 is 0. The van der Waals surface area contributed by atoms with Crippen LogP contribution in [0.5, 0.6) is 0 Å². The summed E-state index contributed by atoms with van der Waals surface area (Å²) in [4.78, 5) is 4.18. The van der Waals surface area contributed by atoms with Crippen molar-refractivity contribution < 1.29 is 4.39 Å². The molecule has 0 aliphatic rings. The van der Waals surface area contributed by atoms with Crippen LogP contribution in [0, 0.1) is 17.1 Å². The SMILES string of the molecule is N#CCCc1ccc(-c2ccc3nccn3c2)cc1F. The summed E-state index contributed by atoms with van der Waals surface area (Å²) in [6.07, 6.45) is 6.29. The number of imidazole rings is 1. The zero-order valence-corrected chi connectivity index (χ0v) is 10.8. The Hall–Kier alpha value is -2.67. The van der Waals surface area contributed by atoms with Crippen LogP contribution in [0.4, 0.5) is 4.39 Å². The van der Waals surface area contributed by atoms with Gasteiger partial charge < -0.3 is 4.40 Å². The molecule has 0 radical (unpaired) electrons. The average Bonchev–Trinajstić information content (AvgIpc) is 2.93. The van der Waals surface area contributed by atoms with Gasteiger partial charge >= 0.3 is 0 Å². The van der Waals surface area contributed by atoms with E-state index >= 15 is 0 Å². The number of aromatic nitrogens is 2. The summed E-state index contributed by atoms with van der Waals surface area (Å²) in [5, 5.41) is 8.55. The lowest BCUT2D eigenvalue weighted by Crippen LogP contribution is -1.92. The molecule has 98 valence electrons. The maximum atomic E-state index is 14.0. The lowest BCUT2D eigenvalue weighted by molar-refractivity contribution is 0.610. The van der Waals surface area contributed by atoms with Crippen molar-refractivity contribution in [1.82, 2.24) is 9.38 Å². The van der Waals surface area contributed by atoms with Gasteiger partial charge in [0.2, 0.25) is 0 Å². The van der Waals surface area contributed by atoms with E-state index in [9.17, 15) is 4.39 Å². The van der Waals surface area contributed by atoms with Gasteiger partial charge in [-0.3, -0.25) is 0 Å². The molecular weight excluding hydrogens is 253 g/mol. The van der Waals surface area contributed by atoms with Gasteiger partial charge in [0.1, 0.15) is 11.5 Å². The maximum absolute atomic E-state index is 14.0. The van der Waals surface area contributed by atoms with E-state index in [4.69, 9.17) is 5.26 Å². The van der Waals surface area contributed by atoms with E-state index in [0.29, 0.717) is 18.4 Å². The molecule has 20 heavy (non-hydrogen) atoms. The first-order chi connectivity index (χ1) is 9.78. The van der Waals surface area contributed by atoms with Gasteiger partial charge in [-0.2, -0.15) is 5.26 Å². The minimum atomic E-state index is -0.261. The number of pyridine rings is 1. The number of hydrogen-bond acceptors (Lipinski definition) is 2. The fourth-order valence-corrected chi connectivity index (χ4v) is 2.21. The molecule has 0 saturated carbocycles. The third-order valence-electron chi connectivity index (χ3n) is 3.28. The summed E-state index contributed by atoms with van der Waals surface area (Å²) < 4.78 is 15.9. The van der Waals surface area contributed by atoms with Crippen LogP contribution < -0.4 is 0 Å². The highest BCUT2D eigenvalue weighted by atomic mass is 19.1. The molecule has 0 amide bonds. The van der Waals surface area contributed by atoms with Crippen LogP contribution in [-0.4, -0.2) is 9.38 Å². The molecule has 0 unspecified atom stereocenters. The fraction of sp³-hybridized carbons (Fsp3) is 0.125. The Morgan fingerprint density at radius 3 is 2.85 bits per heavy atom. The van der Waals surface area contributed by atoms with Crippen molar-refractivity contribution in [1.29, 1.82) is 5.26 Å². The monoisotopic (exact) mass is 265 g/mol. The second-order valence-electron chi connectivity index (χ2n) is 4.57. The maximum Gasteiger partial charge on any atom is 0.136 e. The fourth-order valence-electron chi connectivity index (χ4n) is 2.21. The molecule has 0 aliphatic heterocycles. The quantitative estimate of drug-likeness (QED) is 0.726. The zero-order chi connectivity index (χ0) is 13.9. The second-order valence-corrected chi connectivity index (χ2v) is 4.57. The smallest absolute Gasteiger partial charge is 0.136 e. The predicted molar refractivity (Wildman–Crippen MR) is 74.5 cm³/mol. The third kappa shape index (κ3) is 2.26. The molecule has 0 bridgehead atoms. The first-order valence-electron chi connectivity index (χ1n) is 6.36. The van der Waals surface area contributed by atoms with Gasteiger partial charge in [0.25, 0.3) is 0 Å². The van der Waals surface area contributed by atoms with Gasteiger partial charge in [-0.15, -0.1) is 0 Å². The number of nitriles is 1. The largest absolute Gasteiger partial charge is 0.306 e. The second kappa shape index (κ2) is 5.14. The van der Waals surface area contributed by atoms with Gasteiger partial charge in [0, 0.05) is 25.0 Å². The van der Waals surface area contributed by atoms with Gasteiger partial charge in [0.05, 0.1) is 6.07 Å². The van der Waals surface area contributed by atoms with E-state index in [1.807, 2.05) is 41.1 Å². The number of nitrogens with zero attached hydrogens (tertiary/aromatic N) is 3. The summed E-state index contributed by atoms with van der Waals surface area (Å²) in [6, 6.07) is 11.0. The number of rotatable bonds is 3. The van der Waals surface area contributed by atoms with E-state index in [1.54, 1.807) is 12.3 Å². The number of halogens is 1. The standard InChI is InChI=1S/C16H12FN3/c17-15-10-13(4-3-12(15)2-1-7-18)14-5-6-16-19-8-9-20(16)11-14/h3-6,8-11H,1-2H2. The lowest BCUT2D eigenvalue weighted by atomic mass is 10.0. The van der Waals surface area contributed by atoms with E-state index in [2.05, 4.69) is 4.98 Å². The molecule has 1 aromatic carbocycles. The predicted octanol–water partition coefficient (Wildman–Crippen LogP) is 3.60. The van der Waals surface area contributed by atoms with Crippen molar-refractivity contribution in [3.63, 3.8) is 0 Å². The van der Waals surface area contributed by atoms with Crippen molar-refractivity contribution in [2.24, 2.45) is 0 Å². The van der Waals surface area contributed by atoms with Crippen LogP contribution in [0.3, 0.4) is 0 Å². The summed E-state index contributed by atoms with van der Waals surface area (Å²) in [5.41, 5.74) is 3.19. The average molecular weight is 265 g/mol. The lowest BCUT2D eigenvalue weighted by Gasteiger charge is -2.06. The van der Waals surface area contributed by atoms with Gasteiger partial charge in [0.15, 0.2) is 0 Å². The van der Waals surface area contributed by atoms with Crippen LogP contribution >= 0.6 is 0 Å². The summed E-state index contributed by atoms with van der Waals surface area (Å²) in [6.45, 7) is 0. The van der Waals surface area contributed by atoms with Crippen molar-refractivity contribution in [3.8, 4) is 17.2 Å². The Morgan fingerprint density at radius 1 is 1.20 bits per heavy atom. The first-order valence-corrected chi connectivity index (χ1v) is 6.36. The van der Waals surface area contributed by atoms with Crippen LogP contribution in [-0.2, 0) is 6.42 Å². The van der Waals surface area contributed by atoms with Crippen molar-refractivity contribution >= 4 is 5.65 Å². The van der Waals surface area contributed by atoms with Crippen molar-refractivity contribution in [2.75, 3.05) is 0 Å². The van der Waals surface area contributed by atoms with Gasteiger partial charge in [-0.25, -0.2) is 9.37 Å². The van der Waals surface area contributed by atoms with Crippen LogP contribution in [0.2, 0.25) is 0 Å². The minimum Gasteiger partial charge on any atom is -0.306 e. The molecular formula is C16H12FN3. The molecule has 2 heterocycles. The molecule has 4 heteroatoms. The molecule has 2 aromatic heterocycles. The van der Waals surface area contributed by atoms with Crippen molar-refractivity contribution in [2.45, 2.75) is 12.8 Å². The summed E-state index contributed by atoms with van der Waals surface area (Å²) in [5.74, 6) is -0.261. The van der Waals surface area contributed by atoms with Crippen LogP contribution in [0.25, 0.3) is 16.8 Å².